The molecule has 4 nitrogen and oxygen atoms in total. The minimum atomic E-state index is 0.769. The third-order valence-electron chi connectivity index (χ3n) is 2.22. The Labute approximate surface area is 89.0 Å². The number of hydrogen-bond acceptors (Lipinski definition) is 3. The Bertz CT molecular complexity index is 433. The molecule has 0 fully saturated rings. The van der Waals surface area contributed by atoms with Crippen molar-refractivity contribution in [2.24, 2.45) is 7.05 Å². The van der Waals surface area contributed by atoms with Gasteiger partial charge < -0.3 is 5.32 Å². The molecule has 2 aromatic heterocycles. The van der Waals surface area contributed by atoms with E-state index in [2.05, 4.69) is 15.4 Å². The average Bonchev–Trinajstić information content (AvgIpc) is 2.62. The second kappa shape index (κ2) is 4.23. The minimum absolute atomic E-state index is 0.769. The number of nitrogens with one attached hydrogen (secondary N) is 1. The summed E-state index contributed by atoms with van der Waals surface area (Å²) in [4.78, 5) is 4.11. The Morgan fingerprint density at radius 2 is 2.33 bits per heavy atom. The fourth-order valence-electron chi connectivity index (χ4n) is 1.60. The molecule has 0 aromatic carbocycles. The van der Waals surface area contributed by atoms with Gasteiger partial charge in [0.15, 0.2) is 0 Å². The van der Waals surface area contributed by atoms with Crippen LogP contribution in [0, 0.1) is 0 Å². The van der Waals surface area contributed by atoms with E-state index in [0.29, 0.717) is 0 Å². The molecule has 0 aliphatic carbocycles. The predicted octanol–water partition coefficient (Wildman–Crippen LogP) is 1.20. The van der Waals surface area contributed by atoms with Gasteiger partial charge in [-0.1, -0.05) is 6.07 Å². The normalized spacial score (nSPS) is 10.5. The van der Waals surface area contributed by atoms with Gasteiger partial charge in [0.1, 0.15) is 0 Å². The Hall–Kier alpha value is -1.68. The number of rotatable bonds is 3. The van der Waals surface area contributed by atoms with Crippen molar-refractivity contribution in [3.63, 3.8) is 0 Å². The van der Waals surface area contributed by atoms with Crippen LogP contribution < -0.4 is 5.32 Å². The lowest BCUT2D eigenvalue weighted by Gasteiger charge is -2.00. The maximum atomic E-state index is 4.40. The molecule has 1 N–H and O–H groups in total. The van der Waals surface area contributed by atoms with E-state index in [0.717, 1.165) is 23.4 Å². The lowest BCUT2D eigenvalue weighted by atomic mass is 10.1. The number of aromatic nitrogens is 3. The molecule has 2 aromatic rings. The molecule has 0 bridgehead atoms. The smallest absolute Gasteiger partial charge is 0.0841 e. The summed E-state index contributed by atoms with van der Waals surface area (Å²) >= 11 is 0. The van der Waals surface area contributed by atoms with Crippen LogP contribution in [0.25, 0.3) is 11.1 Å². The summed E-state index contributed by atoms with van der Waals surface area (Å²) in [6.07, 6.45) is 5.65. The molecule has 0 unspecified atom stereocenters. The summed E-state index contributed by atoms with van der Waals surface area (Å²) in [7, 11) is 3.85. The van der Waals surface area contributed by atoms with Crippen LogP contribution >= 0.6 is 0 Å². The van der Waals surface area contributed by atoms with Crippen molar-refractivity contribution >= 4 is 0 Å². The number of nitrogens with zero attached hydrogens (tertiary/aromatic N) is 3. The predicted molar refractivity (Wildman–Crippen MR) is 59.2 cm³/mol. The molecule has 4 heteroatoms. The Morgan fingerprint density at radius 3 is 3.00 bits per heavy atom. The van der Waals surface area contributed by atoms with Crippen LogP contribution in [0.5, 0.6) is 0 Å². The van der Waals surface area contributed by atoms with Gasteiger partial charge in [-0.15, -0.1) is 0 Å². The largest absolute Gasteiger partial charge is 0.314 e. The first-order valence-electron chi connectivity index (χ1n) is 4.89. The molecule has 0 aliphatic heterocycles. The van der Waals surface area contributed by atoms with Crippen LogP contribution in [0.1, 0.15) is 5.69 Å². The zero-order valence-corrected chi connectivity index (χ0v) is 8.94. The van der Waals surface area contributed by atoms with Crippen molar-refractivity contribution in [3.05, 3.63) is 36.4 Å². The second-order valence-electron chi connectivity index (χ2n) is 3.44. The maximum absolute atomic E-state index is 4.40. The van der Waals surface area contributed by atoms with Gasteiger partial charge >= 0.3 is 0 Å². The molecule has 78 valence electrons. The molecule has 2 rings (SSSR count). The van der Waals surface area contributed by atoms with E-state index in [1.165, 1.54) is 0 Å². The lowest BCUT2D eigenvalue weighted by Crippen LogP contribution is -2.07. The Kier molecular flexibility index (Phi) is 2.78. The molecule has 0 spiro atoms. The van der Waals surface area contributed by atoms with Crippen LogP contribution in [-0.2, 0) is 13.6 Å². The van der Waals surface area contributed by atoms with E-state index in [1.807, 2.05) is 43.3 Å². The van der Waals surface area contributed by atoms with Crippen molar-refractivity contribution in [1.29, 1.82) is 0 Å². The van der Waals surface area contributed by atoms with Crippen LogP contribution in [0.2, 0.25) is 0 Å². The van der Waals surface area contributed by atoms with E-state index in [-0.39, 0.29) is 0 Å². The van der Waals surface area contributed by atoms with E-state index in [1.54, 1.807) is 6.20 Å². The highest BCUT2D eigenvalue weighted by Gasteiger charge is 2.08. The molecule has 0 saturated carbocycles. The van der Waals surface area contributed by atoms with Gasteiger partial charge in [-0.3, -0.25) is 9.67 Å². The van der Waals surface area contributed by atoms with Gasteiger partial charge in [-0.2, -0.15) is 5.10 Å². The SMILES string of the molecule is CNCc1nn(C)cc1-c1cccnc1. The van der Waals surface area contributed by atoms with Gasteiger partial charge in [-0.05, 0) is 13.1 Å². The quantitative estimate of drug-likeness (QED) is 0.813. The Morgan fingerprint density at radius 1 is 1.47 bits per heavy atom. The summed E-state index contributed by atoms with van der Waals surface area (Å²) < 4.78 is 1.83. The maximum Gasteiger partial charge on any atom is 0.0841 e. The number of hydrogen-bond donors (Lipinski definition) is 1. The fourth-order valence-corrected chi connectivity index (χ4v) is 1.60. The van der Waals surface area contributed by atoms with Crippen LogP contribution in [0.15, 0.2) is 30.7 Å². The van der Waals surface area contributed by atoms with Crippen LogP contribution in [0.4, 0.5) is 0 Å². The highest BCUT2D eigenvalue weighted by molar-refractivity contribution is 5.64. The summed E-state index contributed by atoms with van der Waals surface area (Å²) in [6, 6.07) is 3.98. The number of aryl methyl sites for hydroxylation is 1. The van der Waals surface area contributed by atoms with Gasteiger partial charge in [0.2, 0.25) is 0 Å². The van der Waals surface area contributed by atoms with Crippen molar-refractivity contribution < 1.29 is 0 Å². The monoisotopic (exact) mass is 202 g/mol. The van der Waals surface area contributed by atoms with E-state index < -0.39 is 0 Å². The minimum Gasteiger partial charge on any atom is -0.314 e. The third kappa shape index (κ3) is 2.05. The van der Waals surface area contributed by atoms with Crippen LogP contribution in [0.3, 0.4) is 0 Å². The molecule has 0 saturated heterocycles. The second-order valence-corrected chi connectivity index (χ2v) is 3.44. The molecule has 0 radical (unpaired) electrons. The van der Waals surface area contributed by atoms with E-state index in [4.69, 9.17) is 0 Å². The standard InChI is InChI=1S/C11H14N4/c1-12-7-11-10(8-15(2)14-11)9-4-3-5-13-6-9/h3-6,8,12H,7H2,1-2H3. The topological polar surface area (TPSA) is 42.7 Å². The fraction of sp³-hybridized carbons (Fsp3) is 0.273. The summed E-state index contributed by atoms with van der Waals surface area (Å²) in [5.74, 6) is 0. The molecule has 0 aliphatic rings. The zero-order valence-electron chi connectivity index (χ0n) is 8.94. The molecule has 15 heavy (non-hydrogen) atoms. The highest BCUT2D eigenvalue weighted by Crippen LogP contribution is 2.21. The van der Waals surface area contributed by atoms with Gasteiger partial charge in [0.05, 0.1) is 5.69 Å². The van der Waals surface area contributed by atoms with Gasteiger partial charge in [0, 0.05) is 43.3 Å². The first-order chi connectivity index (χ1) is 7.31. The average molecular weight is 202 g/mol. The van der Waals surface area contributed by atoms with Crippen molar-refractivity contribution in [3.8, 4) is 11.1 Å². The third-order valence-corrected chi connectivity index (χ3v) is 2.22. The zero-order chi connectivity index (χ0) is 10.7. The first kappa shape index (κ1) is 9.86. The van der Waals surface area contributed by atoms with Gasteiger partial charge in [0.25, 0.3) is 0 Å². The summed E-state index contributed by atoms with van der Waals surface area (Å²) in [5.41, 5.74) is 3.30. The summed E-state index contributed by atoms with van der Waals surface area (Å²) in [6.45, 7) is 0.769. The molecule has 0 atom stereocenters. The van der Waals surface area contributed by atoms with E-state index >= 15 is 0 Å². The Balaban J connectivity index is 2.43. The van der Waals surface area contributed by atoms with Crippen LogP contribution in [-0.4, -0.2) is 21.8 Å². The van der Waals surface area contributed by atoms with Crippen molar-refractivity contribution in [1.82, 2.24) is 20.1 Å². The molecule has 0 amide bonds. The number of pyridine rings is 1. The summed E-state index contributed by atoms with van der Waals surface area (Å²) in [5, 5.41) is 7.51. The molecular weight excluding hydrogens is 188 g/mol. The van der Waals surface area contributed by atoms with Gasteiger partial charge in [-0.25, -0.2) is 0 Å². The first-order valence-corrected chi connectivity index (χ1v) is 4.89. The van der Waals surface area contributed by atoms with Crippen molar-refractivity contribution in [2.75, 3.05) is 7.05 Å². The van der Waals surface area contributed by atoms with Crippen molar-refractivity contribution in [2.45, 2.75) is 6.54 Å². The molecule has 2 heterocycles. The van der Waals surface area contributed by atoms with E-state index in [9.17, 15) is 0 Å². The lowest BCUT2D eigenvalue weighted by molar-refractivity contribution is 0.712. The highest BCUT2D eigenvalue weighted by atomic mass is 15.3. The molecular formula is C11H14N4.